The standard InChI is InChI=1S/C17H15N5O2/c1-21(11-16-19-18-15-8-4-5-9-22(15)16)17(23)10-13-12-6-2-3-7-14(12)24-20-13/h2-9H,10-11H2,1H3. The predicted molar refractivity (Wildman–Crippen MR) is 87.2 cm³/mol. The normalized spacial score (nSPS) is 11.2. The highest BCUT2D eigenvalue weighted by atomic mass is 16.5. The van der Waals surface area contributed by atoms with E-state index in [-0.39, 0.29) is 12.3 Å². The molecule has 3 heterocycles. The fourth-order valence-electron chi connectivity index (χ4n) is 2.64. The first-order chi connectivity index (χ1) is 11.7. The number of hydrogen-bond acceptors (Lipinski definition) is 5. The first kappa shape index (κ1) is 14.4. The van der Waals surface area contributed by atoms with Gasteiger partial charge >= 0.3 is 0 Å². The van der Waals surface area contributed by atoms with Crippen LogP contribution in [0.5, 0.6) is 0 Å². The van der Waals surface area contributed by atoms with Crippen LogP contribution in [0.25, 0.3) is 16.6 Å². The smallest absolute Gasteiger partial charge is 0.228 e. The van der Waals surface area contributed by atoms with Gasteiger partial charge in [-0.15, -0.1) is 10.2 Å². The number of fused-ring (bicyclic) bond motifs is 2. The van der Waals surface area contributed by atoms with Gasteiger partial charge in [-0.3, -0.25) is 9.20 Å². The maximum atomic E-state index is 12.5. The van der Waals surface area contributed by atoms with Crippen molar-refractivity contribution in [3.8, 4) is 0 Å². The Kier molecular flexibility index (Phi) is 3.45. The zero-order valence-corrected chi connectivity index (χ0v) is 13.1. The van der Waals surface area contributed by atoms with Crippen molar-refractivity contribution in [1.82, 2.24) is 24.7 Å². The number of likely N-dealkylation sites (N-methyl/N-ethyl adjacent to an activating group) is 1. The third-order valence-electron chi connectivity index (χ3n) is 3.96. The van der Waals surface area contributed by atoms with Gasteiger partial charge in [0.2, 0.25) is 5.91 Å². The van der Waals surface area contributed by atoms with E-state index >= 15 is 0 Å². The molecule has 0 fully saturated rings. The summed E-state index contributed by atoms with van der Waals surface area (Å²) in [4.78, 5) is 14.1. The Balaban J connectivity index is 1.52. The first-order valence-electron chi connectivity index (χ1n) is 7.58. The fraction of sp³-hybridized carbons (Fsp3) is 0.176. The van der Waals surface area contributed by atoms with Gasteiger partial charge in [0.05, 0.1) is 13.0 Å². The second-order valence-corrected chi connectivity index (χ2v) is 5.60. The van der Waals surface area contributed by atoms with Crippen LogP contribution in [0.4, 0.5) is 0 Å². The number of hydrogen-bond donors (Lipinski definition) is 0. The van der Waals surface area contributed by atoms with Gasteiger partial charge in [0, 0.05) is 18.6 Å². The molecule has 7 heteroatoms. The van der Waals surface area contributed by atoms with Crippen LogP contribution in [0.2, 0.25) is 0 Å². The highest BCUT2D eigenvalue weighted by molar-refractivity contribution is 5.86. The SMILES string of the molecule is CN(Cc1nnc2ccccn12)C(=O)Cc1noc2ccccc12. The van der Waals surface area contributed by atoms with Gasteiger partial charge in [-0.25, -0.2) is 0 Å². The molecule has 0 aliphatic carbocycles. The van der Waals surface area contributed by atoms with E-state index in [4.69, 9.17) is 4.52 Å². The molecule has 24 heavy (non-hydrogen) atoms. The maximum absolute atomic E-state index is 12.5. The van der Waals surface area contributed by atoms with Gasteiger partial charge in [0.25, 0.3) is 0 Å². The predicted octanol–water partition coefficient (Wildman–Crippen LogP) is 2.07. The van der Waals surface area contributed by atoms with Gasteiger partial charge in [-0.1, -0.05) is 23.4 Å². The van der Waals surface area contributed by atoms with E-state index in [9.17, 15) is 4.79 Å². The zero-order chi connectivity index (χ0) is 16.5. The van der Waals surface area contributed by atoms with Gasteiger partial charge in [0.15, 0.2) is 17.1 Å². The summed E-state index contributed by atoms with van der Waals surface area (Å²) in [6, 6.07) is 13.2. The summed E-state index contributed by atoms with van der Waals surface area (Å²) < 4.78 is 7.12. The van der Waals surface area contributed by atoms with Crippen molar-refractivity contribution in [3.63, 3.8) is 0 Å². The van der Waals surface area contributed by atoms with Crippen LogP contribution in [-0.4, -0.2) is 37.6 Å². The number of aromatic nitrogens is 4. The highest BCUT2D eigenvalue weighted by Crippen LogP contribution is 2.18. The van der Waals surface area contributed by atoms with Crippen molar-refractivity contribution in [2.24, 2.45) is 0 Å². The Morgan fingerprint density at radius 3 is 2.92 bits per heavy atom. The molecule has 0 spiro atoms. The number of carbonyl (C=O) groups excluding carboxylic acids is 1. The first-order valence-corrected chi connectivity index (χ1v) is 7.58. The van der Waals surface area contributed by atoms with E-state index < -0.39 is 0 Å². The molecule has 0 unspecified atom stereocenters. The Hall–Kier alpha value is -3.22. The molecule has 120 valence electrons. The minimum atomic E-state index is -0.0539. The third kappa shape index (κ3) is 2.50. The van der Waals surface area contributed by atoms with E-state index in [1.807, 2.05) is 53.1 Å². The van der Waals surface area contributed by atoms with Crippen molar-refractivity contribution in [2.45, 2.75) is 13.0 Å². The van der Waals surface area contributed by atoms with E-state index in [1.54, 1.807) is 11.9 Å². The molecular weight excluding hydrogens is 306 g/mol. The molecular formula is C17H15N5O2. The number of benzene rings is 1. The molecule has 0 aliphatic heterocycles. The molecule has 0 saturated carbocycles. The molecule has 0 atom stereocenters. The van der Waals surface area contributed by atoms with E-state index in [2.05, 4.69) is 15.4 Å². The van der Waals surface area contributed by atoms with Gasteiger partial charge in [-0.05, 0) is 24.3 Å². The van der Waals surface area contributed by atoms with Crippen LogP contribution >= 0.6 is 0 Å². The van der Waals surface area contributed by atoms with Crippen LogP contribution in [0.1, 0.15) is 11.5 Å². The summed E-state index contributed by atoms with van der Waals surface area (Å²) in [7, 11) is 1.74. The summed E-state index contributed by atoms with van der Waals surface area (Å²) in [5, 5.41) is 13.1. The quantitative estimate of drug-likeness (QED) is 0.575. The molecule has 1 amide bonds. The average Bonchev–Trinajstić information content (AvgIpc) is 3.20. The zero-order valence-electron chi connectivity index (χ0n) is 13.1. The molecule has 3 aromatic heterocycles. The van der Waals surface area contributed by atoms with Crippen LogP contribution in [0, 0.1) is 0 Å². The van der Waals surface area contributed by atoms with Crippen molar-refractivity contribution in [3.05, 3.63) is 60.2 Å². The lowest BCUT2D eigenvalue weighted by atomic mass is 10.1. The minimum absolute atomic E-state index is 0.0539. The van der Waals surface area contributed by atoms with E-state index in [0.29, 0.717) is 23.6 Å². The second-order valence-electron chi connectivity index (χ2n) is 5.60. The molecule has 4 rings (SSSR count). The number of carbonyl (C=O) groups is 1. The van der Waals surface area contributed by atoms with Crippen LogP contribution in [0.15, 0.2) is 53.2 Å². The number of para-hydroxylation sites is 1. The van der Waals surface area contributed by atoms with E-state index in [0.717, 1.165) is 11.0 Å². The Bertz CT molecular complexity index is 1020. The Morgan fingerprint density at radius 2 is 2.00 bits per heavy atom. The number of pyridine rings is 1. The van der Waals surface area contributed by atoms with Crippen LogP contribution in [0.3, 0.4) is 0 Å². The lowest BCUT2D eigenvalue weighted by molar-refractivity contribution is -0.129. The van der Waals surface area contributed by atoms with Crippen LogP contribution < -0.4 is 0 Å². The summed E-state index contributed by atoms with van der Waals surface area (Å²) in [5.41, 5.74) is 2.09. The van der Waals surface area contributed by atoms with Crippen molar-refractivity contribution in [2.75, 3.05) is 7.05 Å². The Morgan fingerprint density at radius 1 is 1.17 bits per heavy atom. The molecule has 0 bridgehead atoms. The monoisotopic (exact) mass is 321 g/mol. The fourth-order valence-corrected chi connectivity index (χ4v) is 2.64. The molecule has 1 aromatic carbocycles. The Labute approximate surface area is 137 Å². The minimum Gasteiger partial charge on any atom is -0.356 e. The number of nitrogens with zero attached hydrogens (tertiary/aromatic N) is 5. The topological polar surface area (TPSA) is 76.5 Å². The van der Waals surface area contributed by atoms with Crippen molar-refractivity contribution >= 4 is 22.5 Å². The molecule has 0 saturated heterocycles. The molecule has 0 aliphatic rings. The lowest BCUT2D eigenvalue weighted by Gasteiger charge is -2.15. The lowest BCUT2D eigenvalue weighted by Crippen LogP contribution is -2.28. The van der Waals surface area contributed by atoms with Gasteiger partial charge in [-0.2, -0.15) is 0 Å². The molecule has 4 aromatic rings. The molecule has 0 radical (unpaired) electrons. The van der Waals surface area contributed by atoms with Gasteiger partial charge < -0.3 is 9.42 Å². The van der Waals surface area contributed by atoms with Gasteiger partial charge in [0.1, 0.15) is 5.69 Å². The second kappa shape index (κ2) is 5.77. The molecule has 0 N–H and O–H groups in total. The van der Waals surface area contributed by atoms with Crippen molar-refractivity contribution in [1.29, 1.82) is 0 Å². The van der Waals surface area contributed by atoms with Crippen LogP contribution in [-0.2, 0) is 17.8 Å². The third-order valence-corrected chi connectivity index (χ3v) is 3.96. The maximum Gasteiger partial charge on any atom is 0.228 e. The number of rotatable bonds is 4. The van der Waals surface area contributed by atoms with E-state index in [1.165, 1.54) is 0 Å². The summed E-state index contributed by atoms with van der Waals surface area (Å²) in [5.74, 6) is 0.660. The number of amides is 1. The average molecular weight is 321 g/mol. The van der Waals surface area contributed by atoms with Crippen molar-refractivity contribution < 1.29 is 9.32 Å². The summed E-state index contributed by atoms with van der Waals surface area (Å²) >= 11 is 0. The molecule has 7 nitrogen and oxygen atoms in total. The highest BCUT2D eigenvalue weighted by Gasteiger charge is 2.17. The largest absolute Gasteiger partial charge is 0.356 e. The summed E-state index contributed by atoms with van der Waals surface area (Å²) in [6.45, 7) is 0.375. The summed E-state index contributed by atoms with van der Waals surface area (Å²) in [6.07, 6.45) is 2.07.